The summed E-state index contributed by atoms with van der Waals surface area (Å²) < 4.78 is 5.70. The number of ether oxygens (including phenoxy) is 1. The summed E-state index contributed by atoms with van der Waals surface area (Å²) in [6.07, 6.45) is 7.92. The van der Waals surface area contributed by atoms with E-state index in [0.29, 0.717) is 12.1 Å². The molecular formula is C17H27NO. The van der Waals surface area contributed by atoms with Gasteiger partial charge in [0.25, 0.3) is 0 Å². The molecule has 0 spiro atoms. The van der Waals surface area contributed by atoms with Crippen molar-refractivity contribution in [3.8, 4) is 0 Å². The molecule has 2 nitrogen and oxygen atoms in total. The highest BCUT2D eigenvalue weighted by molar-refractivity contribution is 5.18. The zero-order valence-electron chi connectivity index (χ0n) is 12.1. The second-order valence-corrected chi connectivity index (χ2v) is 5.48. The van der Waals surface area contributed by atoms with Crippen molar-refractivity contribution in [2.75, 3.05) is 13.2 Å². The minimum Gasteiger partial charge on any atom is -0.378 e. The summed E-state index contributed by atoms with van der Waals surface area (Å²) in [5.74, 6) is 0. The summed E-state index contributed by atoms with van der Waals surface area (Å²) in [7, 11) is 0. The predicted octanol–water partition coefficient (Wildman–Crippen LogP) is 4.08. The van der Waals surface area contributed by atoms with Gasteiger partial charge in [0.2, 0.25) is 0 Å². The first-order valence-electron chi connectivity index (χ1n) is 7.80. The molecule has 2 atom stereocenters. The molecule has 1 heterocycles. The molecule has 0 bridgehead atoms. The summed E-state index contributed by atoms with van der Waals surface area (Å²) in [4.78, 5) is 0. The van der Waals surface area contributed by atoms with Gasteiger partial charge in [0, 0.05) is 12.6 Å². The molecule has 1 N–H and O–H groups in total. The fourth-order valence-corrected chi connectivity index (χ4v) is 2.81. The summed E-state index contributed by atoms with van der Waals surface area (Å²) >= 11 is 0. The van der Waals surface area contributed by atoms with Gasteiger partial charge in [0.15, 0.2) is 0 Å². The average molecular weight is 261 g/mol. The maximum atomic E-state index is 5.70. The van der Waals surface area contributed by atoms with Gasteiger partial charge in [0.1, 0.15) is 0 Å². The van der Waals surface area contributed by atoms with Crippen LogP contribution in [0, 0.1) is 0 Å². The van der Waals surface area contributed by atoms with Crippen molar-refractivity contribution in [1.29, 1.82) is 0 Å². The van der Waals surface area contributed by atoms with Crippen molar-refractivity contribution < 1.29 is 4.74 Å². The number of hydrogen-bond donors (Lipinski definition) is 1. The van der Waals surface area contributed by atoms with E-state index in [-0.39, 0.29) is 0 Å². The van der Waals surface area contributed by atoms with Gasteiger partial charge in [0.05, 0.1) is 6.10 Å². The Labute approximate surface area is 117 Å². The van der Waals surface area contributed by atoms with E-state index in [1.807, 2.05) is 0 Å². The molecule has 2 heteroatoms. The molecule has 19 heavy (non-hydrogen) atoms. The Bertz CT molecular complexity index is 332. The lowest BCUT2D eigenvalue weighted by atomic mass is 9.99. The van der Waals surface area contributed by atoms with Gasteiger partial charge in [-0.3, -0.25) is 0 Å². The van der Waals surface area contributed by atoms with E-state index in [0.717, 1.165) is 13.2 Å². The molecule has 0 amide bonds. The molecule has 0 saturated carbocycles. The van der Waals surface area contributed by atoms with Crippen molar-refractivity contribution in [2.24, 2.45) is 0 Å². The monoisotopic (exact) mass is 261 g/mol. The zero-order valence-corrected chi connectivity index (χ0v) is 12.1. The molecule has 1 saturated heterocycles. The van der Waals surface area contributed by atoms with Crippen molar-refractivity contribution >= 4 is 0 Å². The van der Waals surface area contributed by atoms with Crippen LogP contribution >= 0.6 is 0 Å². The van der Waals surface area contributed by atoms with E-state index in [1.165, 1.54) is 44.1 Å². The predicted molar refractivity (Wildman–Crippen MR) is 80.3 cm³/mol. The molecule has 0 aliphatic carbocycles. The van der Waals surface area contributed by atoms with Crippen LogP contribution in [0.15, 0.2) is 30.3 Å². The number of hydrogen-bond acceptors (Lipinski definition) is 2. The number of rotatable bonds is 8. The minimum absolute atomic E-state index is 0.502. The van der Waals surface area contributed by atoms with E-state index < -0.39 is 0 Å². The minimum atomic E-state index is 0.502. The lowest BCUT2D eigenvalue weighted by Crippen LogP contribution is -2.22. The molecule has 1 aliphatic heterocycles. The molecule has 2 rings (SSSR count). The Morgan fingerprint density at radius 2 is 2.16 bits per heavy atom. The fourth-order valence-electron chi connectivity index (χ4n) is 2.81. The highest BCUT2D eigenvalue weighted by Crippen LogP contribution is 2.23. The van der Waals surface area contributed by atoms with E-state index in [1.54, 1.807) is 0 Å². The second kappa shape index (κ2) is 8.34. The van der Waals surface area contributed by atoms with Gasteiger partial charge in [-0.1, -0.05) is 37.3 Å². The fraction of sp³-hybridized carbons (Fsp3) is 0.647. The molecule has 0 aromatic heterocycles. The molecule has 1 aromatic rings. The Morgan fingerprint density at radius 1 is 1.32 bits per heavy atom. The Morgan fingerprint density at radius 3 is 2.84 bits per heavy atom. The topological polar surface area (TPSA) is 21.3 Å². The summed E-state index contributed by atoms with van der Waals surface area (Å²) in [5.41, 5.74) is 1.42. The largest absolute Gasteiger partial charge is 0.378 e. The summed E-state index contributed by atoms with van der Waals surface area (Å²) in [6.45, 7) is 4.29. The maximum Gasteiger partial charge on any atom is 0.0576 e. The second-order valence-electron chi connectivity index (χ2n) is 5.48. The van der Waals surface area contributed by atoms with Crippen molar-refractivity contribution in [3.05, 3.63) is 35.9 Å². The van der Waals surface area contributed by atoms with Crippen LogP contribution in [0.5, 0.6) is 0 Å². The van der Waals surface area contributed by atoms with Crippen LogP contribution in [0.25, 0.3) is 0 Å². The van der Waals surface area contributed by atoms with E-state index in [9.17, 15) is 0 Å². The molecule has 106 valence electrons. The lowest BCUT2D eigenvalue weighted by molar-refractivity contribution is 0.101. The van der Waals surface area contributed by atoms with Crippen LogP contribution in [0.2, 0.25) is 0 Å². The van der Waals surface area contributed by atoms with Crippen LogP contribution in [0.1, 0.15) is 57.1 Å². The first-order chi connectivity index (χ1) is 9.40. The maximum absolute atomic E-state index is 5.70. The first kappa shape index (κ1) is 14.5. The van der Waals surface area contributed by atoms with Crippen LogP contribution in [0.4, 0.5) is 0 Å². The van der Waals surface area contributed by atoms with E-state index >= 15 is 0 Å². The highest BCUT2D eigenvalue weighted by Gasteiger charge is 2.16. The van der Waals surface area contributed by atoms with Crippen molar-refractivity contribution in [2.45, 2.75) is 57.6 Å². The normalized spacial score (nSPS) is 20.6. The molecule has 1 aromatic carbocycles. The van der Waals surface area contributed by atoms with Crippen LogP contribution in [-0.4, -0.2) is 19.3 Å². The quantitative estimate of drug-likeness (QED) is 0.761. The molecular weight excluding hydrogens is 234 g/mol. The van der Waals surface area contributed by atoms with E-state index in [2.05, 4.69) is 42.6 Å². The van der Waals surface area contributed by atoms with Crippen molar-refractivity contribution in [3.63, 3.8) is 0 Å². The van der Waals surface area contributed by atoms with Gasteiger partial charge < -0.3 is 10.1 Å². The Hall–Kier alpha value is -0.860. The zero-order chi connectivity index (χ0) is 13.3. The average Bonchev–Trinajstić information content (AvgIpc) is 2.97. The Balaban J connectivity index is 1.79. The Kier molecular flexibility index (Phi) is 6.38. The van der Waals surface area contributed by atoms with Gasteiger partial charge in [-0.05, 0) is 50.6 Å². The highest BCUT2D eigenvalue weighted by atomic mass is 16.5. The molecule has 1 fully saturated rings. The summed E-state index contributed by atoms with van der Waals surface area (Å²) in [5, 5.41) is 3.67. The summed E-state index contributed by atoms with van der Waals surface area (Å²) in [6, 6.07) is 11.3. The molecule has 0 radical (unpaired) electrons. The smallest absolute Gasteiger partial charge is 0.0576 e. The van der Waals surface area contributed by atoms with Crippen LogP contribution in [0.3, 0.4) is 0 Å². The molecule has 2 unspecified atom stereocenters. The first-order valence-corrected chi connectivity index (χ1v) is 7.80. The number of benzene rings is 1. The third-order valence-electron chi connectivity index (χ3n) is 3.89. The standard InChI is InChI=1S/C17H27NO/c1-2-13-18-17(15-8-4-3-5-9-15)12-6-10-16-11-7-14-19-16/h3-5,8-9,16-18H,2,6-7,10-14H2,1H3. The van der Waals surface area contributed by atoms with E-state index in [4.69, 9.17) is 4.74 Å². The van der Waals surface area contributed by atoms with Gasteiger partial charge >= 0.3 is 0 Å². The van der Waals surface area contributed by atoms with Crippen LogP contribution < -0.4 is 5.32 Å². The third kappa shape index (κ3) is 4.96. The molecule has 1 aliphatic rings. The van der Waals surface area contributed by atoms with Crippen LogP contribution in [-0.2, 0) is 4.74 Å². The van der Waals surface area contributed by atoms with Gasteiger partial charge in [-0.15, -0.1) is 0 Å². The van der Waals surface area contributed by atoms with Crippen molar-refractivity contribution in [1.82, 2.24) is 5.32 Å². The third-order valence-corrected chi connectivity index (χ3v) is 3.89. The number of nitrogens with one attached hydrogen (secondary N) is 1. The van der Waals surface area contributed by atoms with Gasteiger partial charge in [-0.2, -0.15) is 0 Å². The lowest BCUT2D eigenvalue weighted by Gasteiger charge is -2.20. The van der Waals surface area contributed by atoms with Gasteiger partial charge in [-0.25, -0.2) is 0 Å². The SMILES string of the molecule is CCCNC(CCCC1CCCO1)c1ccccc1.